The second-order valence-corrected chi connectivity index (χ2v) is 6.61. The van der Waals surface area contributed by atoms with Gasteiger partial charge in [-0.15, -0.1) is 0 Å². The van der Waals surface area contributed by atoms with Crippen LogP contribution in [0.15, 0.2) is 12.7 Å². The van der Waals surface area contributed by atoms with Crippen molar-refractivity contribution in [3.05, 3.63) is 12.7 Å². The molecule has 2 atom stereocenters. The summed E-state index contributed by atoms with van der Waals surface area (Å²) in [5.41, 5.74) is 1.09. The highest BCUT2D eigenvalue weighted by Crippen LogP contribution is 2.18. The average molecular weight is 365 g/mol. The van der Waals surface area contributed by atoms with Crippen LogP contribution in [-0.4, -0.2) is 61.1 Å². The minimum atomic E-state index is -1.63. The van der Waals surface area contributed by atoms with E-state index in [0.29, 0.717) is 17.0 Å². The molecule has 0 aliphatic heterocycles. The van der Waals surface area contributed by atoms with E-state index in [-0.39, 0.29) is 19.1 Å². The average Bonchev–Trinajstić information content (AvgIpc) is 3.03. The van der Waals surface area contributed by atoms with Crippen molar-refractivity contribution in [1.29, 1.82) is 0 Å². The van der Waals surface area contributed by atoms with Gasteiger partial charge in [-0.1, -0.05) is 27.2 Å². The fraction of sp³-hybridized carbons (Fsp3) is 0.647. The molecule has 9 nitrogen and oxygen atoms in total. The van der Waals surface area contributed by atoms with Gasteiger partial charge in [-0.3, -0.25) is 0 Å². The fourth-order valence-corrected chi connectivity index (χ4v) is 2.32. The Hall–Kier alpha value is -2.26. The van der Waals surface area contributed by atoms with E-state index < -0.39 is 18.2 Å². The summed E-state index contributed by atoms with van der Waals surface area (Å²) < 4.78 is 6.53. The molecule has 2 rings (SSSR count). The third kappa shape index (κ3) is 5.12. The summed E-state index contributed by atoms with van der Waals surface area (Å²) in [5, 5.41) is 23.3. The highest BCUT2D eigenvalue weighted by atomic mass is 16.5. The van der Waals surface area contributed by atoms with Crippen LogP contribution in [0.5, 0.6) is 0 Å². The first-order chi connectivity index (χ1) is 12.4. The van der Waals surface area contributed by atoms with E-state index in [0.717, 1.165) is 19.4 Å². The Morgan fingerprint density at radius 3 is 2.77 bits per heavy atom. The molecule has 26 heavy (non-hydrogen) atoms. The van der Waals surface area contributed by atoms with Gasteiger partial charge < -0.3 is 24.8 Å². The van der Waals surface area contributed by atoms with E-state index in [1.165, 1.54) is 12.7 Å². The number of esters is 1. The number of imidazole rings is 1. The second-order valence-electron chi connectivity index (χ2n) is 6.61. The molecule has 0 radical (unpaired) electrons. The number of ether oxygens (including phenoxy) is 1. The molecule has 2 heterocycles. The van der Waals surface area contributed by atoms with Crippen LogP contribution in [0, 0.1) is 5.92 Å². The number of carbonyl (C=O) groups is 1. The minimum absolute atomic E-state index is 0.0418. The van der Waals surface area contributed by atoms with Gasteiger partial charge in [-0.2, -0.15) is 0 Å². The summed E-state index contributed by atoms with van der Waals surface area (Å²) in [6, 6.07) is 0. The molecule has 9 heteroatoms. The van der Waals surface area contributed by atoms with E-state index in [4.69, 9.17) is 4.74 Å². The van der Waals surface area contributed by atoms with Gasteiger partial charge in [-0.05, 0) is 12.3 Å². The number of fused-ring (bicyclic) bond motifs is 1. The Morgan fingerprint density at radius 1 is 1.31 bits per heavy atom. The lowest BCUT2D eigenvalue weighted by Crippen LogP contribution is -2.38. The van der Waals surface area contributed by atoms with Crippen molar-refractivity contribution in [3.8, 4) is 0 Å². The number of rotatable bonds is 10. The molecule has 0 fully saturated rings. The zero-order valence-electron chi connectivity index (χ0n) is 15.4. The number of nitrogens with one attached hydrogen (secondary N) is 1. The Balaban J connectivity index is 2.06. The molecule has 3 N–H and O–H groups in total. The smallest absolute Gasteiger partial charge is 0.337 e. The SMILES string of the molecule is CCCCNc1ncnc2c1ncn2C[C@@H](O)[C@@H](O)C(=O)OCC(C)C. The molecule has 0 saturated heterocycles. The zero-order valence-corrected chi connectivity index (χ0v) is 15.4. The van der Waals surface area contributed by atoms with Crippen LogP contribution < -0.4 is 5.32 Å². The van der Waals surface area contributed by atoms with Gasteiger partial charge in [0.05, 0.1) is 19.5 Å². The predicted molar refractivity (Wildman–Crippen MR) is 96.5 cm³/mol. The van der Waals surface area contributed by atoms with E-state index >= 15 is 0 Å². The van der Waals surface area contributed by atoms with E-state index in [1.807, 2.05) is 13.8 Å². The first-order valence-corrected chi connectivity index (χ1v) is 8.86. The summed E-state index contributed by atoms with van der Waals surface area (Å²) in [4.78, 5) is 24.4. The van der Waals surface area contributed by atoms with Crippen molar-refractivity contribution in [1.82, 2.24) is 19.5 Å². The Labute approximate surface area is 152 Å². The van der Waals surface area contributed by atoms with Crippen molar-refractivity contribution in [2.45, 2.75) is 52.4 Å². The molecule has 2 aromatic heterocycles. The van der Waals surface area contributed by atoms with Gasteiger partial charge in [0.25, 0.3) is 0 Å². The predicted octanol–water partition coefficient (Wildman–Crippen LogP) is 0.959. The number of anilines is 1. The van der Waals surface area contributed by atoms with Crippen molar-refractivity contribution >= 4 is 23.0 Å². The number of aliphatic hydroxyl groups excluding tert-OH is 2. The van der Waals surface area contributed by atoms with Crippen LogP contribution in [0.4, 0.5) is 5.82 Å². The van der Waals surface area contributed by atoms with Crippen LogP contribution in [0.25, 0.3) is 11.2 Å². The van der Waals surface area contributed by atoms with Crippen molar-refractivity contribution in [2.24, 2.45) is 5.92 Å². The standard InChI is InChI=1S/C17H27N5O4/c1-4-5-6-18-15-13-16(20-9-19-15)22(10-21-13)7-12(23)14(24)17(25)26-8-11(2)3/h9-12,14,23-24H,4-8H2,1-3H3,(H,18,19,20)/t12-,14-/m1/s1. The molecule has 144 valence electrons. The molecular formula is C17H27N5O4. The van der Waals surface area contributed by atoms with E-state index in [1.54, 1.807) is 4.57 Å². The number of carbonyl (C=O) groups excluding carboxylic acids is 1. The Bertz CT molecular complexity index is 718. The molecule has 2 aromatic rings. The number of unbranched alkanes of at least 4 members (excludes halogenated alkanes) is 1. The number of aromatic nitrogens is 4. The molecule has 0 spiro atoms. The lowest BCUT2D eigenvalue weighted by atomic mass is 10.2. The molecule has 0 aliphatic rings. The van der Waals surface area contributed by atoms with Gasteiger partial charge in [0.2, 0.25) is 0 Å². The number of nitrogens with zero attached hydrogens (tertiary/aromatic N) is 4. The number of hydrogen-bond acceptors (Lipinski definition) is 8. The molecule has 0 amide bonds. The first kappa shape index (κ1) is 20.1. The van der Waals surface area contributed by atoms with Crippen LogP contribution >= 0.6 is 0 Å². The van der Waals surface area contributed by atoms with Gasteiger partial charge in [-0.25, -0.2) is 19.7 Å². The molecule has 0 aliphatic carbocycles. The van der Waals surface area contributed by atoms with Crippen molar-refractivity contribution < 1.29 is 19.7 Å². The summed E-state index contributed by atoms with van der Waals surface area (Å²) >= 11 is 0. The third-order valence-corrected chi connectivity index (χ3v) is 3.77. The lowest BCUT2D eigenvalue weighted by Gasteiger charge is -2.18. The zero-order chi connectivity index (χ0) is 19.1. The molecule has 0 unspecified atom stereocenters. The molecule has 0 saturated carbocycles. The summed E-state index contributed by atoms with van der Waals surface area (Å²) in [7, 11) is 0. The monoisotopic (exact) mass is 365 g/mol. The maximum Gasteiger partial charge on any atom is 0.337 e. The van der Waals surface area contributed by atoms with Crippen molar-refractivity contribution in [3.63, 3.8) is 0 Å². The summed E-state index contributed by atoms with van der Waals surface area (Å²) in [6.07, 6.45) is 2.02. The maximum atomic E-state index is 11.8. The summed E-state index contributed by atoms with van der Waals surface area (Å²) in [5.74, 6) is -0.0723. The largest absolute Gasteiger partial charge is 0.463 e. The van der Waals surface area contributed by atoms with Gasteiger partial charge in [0.15, 0.2) is 17.6 Å². The van der Waals surface area contributed by atoms with Crippen molar-refractivity contribution in [2.75, 3.05) is 18.5 Å². The van der Waals surface area contributed by atoms with Crippen LogP contribution in [0.2, 0.25) is 0 Å². The van der Waals surface area contributed by atoms with Gasteiger partial charge in [0, 0.05) is 6.54 Å². The Morgan fingerprint density at radius 2 is 2.08 bits per heavy atom. The minimum Gasteiger partial charge on any atom is -0.463 e. The first-order valence-electron chi connectivity index (χ1n) is 8.86. The van der Waals surface area contributed by atoms with Crippen LogP contribution in [0.1, 0.15) is 33.6 Å². The normalized spacial score (nSPS) is 13.8. The highest BCUT2D eigenvalue weighted by molar-refractivity contribution is 5.82. The molecule has 0 bridgehead atoms. The van der Waals surface area contributed by atoms with Gasteiger partial charge in [0.1, 0.15) is 17.9 Å². The quantitative estimate of drug-likeness (QED) is 0.420. The molecule has 0 aromatic carbocycles. The van der Waals surface area contributed by atoms with Gasteiger partial charge >= 0.3 is 5.97 Å². The number of hydrogen-bond donors (Lipinski definition) is 3. The lowest BCUT2D eigenvalue weighted by molar-refractivity contribution is -0.161. The summed E-state index contributed by atoms with van der Waals surface area (Å²) in [6.45, 7) is 6.80. The van der Waals surface area contributed by atoms with Crippen LogP contribution in [-0.2, 0) is 16.1 Å². The van der Waals surface area contributed by atoms with Crippen LogP contribution in [0.3, 0.4) is 0 Å². The fourth-order valence-electron chi connectivity index (χ4n) is 2.32. The Kier molecular flexibility index (Phi) is 7.28. The topological polar surface area (TPSA) is 122 Å². The number of aliphatic hydroxyl groups is 2. The highest BCUT2D eigenvalue weighted by Gasteiger charge is 2.27. The second kappa shape index (κ2) is 9.44. The third-order valence-electron chi connectivity index (χ3n) is 3.77. The van der Waals surface area contributed by atoms with E-state index in [2.05, 4.69) is 27.2 Å². The molecular weight excluding hydrogens is 338 g/mol. The maximum absolute atomic E-state index is 11.8. The van der Waals surface area contributed by atoms with E-state index in [9.17, 15) is 15.0 Å².